The van der Waals surface area contributed by atoms with E-state index >= 15 is 0 Å². The average molecular weight is 1490 g/mol. The molecule has 606 valence electrons. The van der Waals surface area contributed by atoms with E-state index in [1.165, 1.54) is 26.0 Å². The summed E-state index contributed by atoms with van der Waals surface area (Å²) >= 11 is 0. The van der Waals surface area contributed by atoms with E-state index in [4.69, 9.17) is 80.5 Å². The van der Waals surface area contributed by atoms with E-state index in [2.05, 4.69) is 11.3 Å². The number of rotatable bonds is 39. The van der Waals surface area contributed by atoms with Crippen LogP contribution < -0.4 is 0 Å². The highest BCUT2D eigenvalue weighted by Gasteiger charge is 2.25. The van der Waals surface area contributed by atoms with Crippen molar-refractivity contribution in [1.29, 1.82) is 0 Å². The molecule has 9 atom stereocenters. The highest BCUT2D eigenvalue weighted by molar-refractivity contribution is 5.75. The van der Waals surface area contributed by atoms with Gasteiger partial charge in [-0.05, 0) is 141 Å². The van der Waals surface area contributed by atoms with Crippen LogP contribution >= 0.6 is 0 Å². The minimum absolute atomic E-state index is 0.0400. The summed E-state index contributed by atoms with van der Waals surface area (Å²) < 4.78 is 87.4. The van der Waals surface area contributed by atoms with Crippen molar-refractivity contribution < 1.29 is 128 Å². The Kier molecular flexibility index (Phi) is 79.3. The molecule has 103 heavy (non-hydrogen) atoms. The van der Waals surface area contributed by atoms with E-state index in [-0.39, 0.29) is 120 Å². The largest absolute Gasteiger partial charge is 0.469 e. The molecule has 2 rings (SSSR count). The topological polar surface area (TPSA) is 320 Å². The zero-order chi connectivity index (χ0) is 80.9. The van der Waals surface area contributed by atoms with Gasteiger partial charge in [-0.1, -0.05) is 63.8 Å². The van der Waals surface area contributed by atoms with E-state index in [9.17, 15) is 43.2 Å². The van der Waals surface area contributed by atoms with Gasteiger partial charge in [-0.25, -0.2) is 0 Å². The van der Waals surface area contributed by atoms with Gasteiger partial charge in [-0.15, -0.1) is 0 Å². The van der Waals surface area contributed by atoms with E-state index < -0.39 is 5.60 Å². The molecule has 0 radical (unpaired) electrons. The Morgan fingerprint density at radius 1 is 0.408 bits per heavy atom. The minimum atomic E-state index is -0.404. The van der Waals surface area contributed by atoms with Crippen LogP contribution in [0.1, 0.15) is 149 Å². The number of carbonyl (C=O) groups excluding carboxylic acids is 9. The molecule has 0 spiro atoms. The molecule has 1 fully saturated rings. The summed E-state index contributed by atoms with van der Waals surface area (Å²) in [6.45, 7) is 42.9. The first-order valence-electron chi connectivity index (χ1n) is 34.9. The Morgan fingerprint density at radius 2 is 0.728 bits per heavy atom. The van der Waals surface area contributed by atoms with Gasteiger partial charge in [0.15, 0.2) is 0 Å². The Hall–Kier alpha value is -6.17. The van der Waals surface area contributed by atoms with Crippen molar-refractivity contribution in [3.05, 3.63) is 48.6 Å². The second-order valence-electron chi connectivity index (χ2n) is 25.8. The zero-order valence-corrected chi connectivity index (χ0v) is 68.4. The van der Waals surface area contributed by atoms with Gasteiger partial charge in [0, 0.05) is 64.0 Å². The molecule has 1 aromatic carbocycles. The van der Waals surface area contributed by atoms with Gasteiger partial charge in [-0.3, -0.25) is 43.2 Å². The van der Waals surface area contributed by atoms with Crippen molar-refractivity contribution in [2.24, 2.45) is 65.1 Å². The molecule has 27 nitrogen and oxygen atoms in total. The smallest absolute Gasteiger partial charge is 0.311 e. The monoisotopic (exact) mass is 1480 g/mol. The van der Waals surface area contributed by atoms with Crippen molar-refractivity contribution in [2.75, 3.05) is 164 Å². The Bertz CT molecular complexity index is 2210. The van der Waals surface area contributed by atoms with Gasteiger partial charge in [-0.2, -0.15) is 0 Å². The molecule has 0 amide bonds. The van der Waals surface area contributed by atoms with Crippen LogP contribution in [-0.2, 0) is 135 Å². The third-order valence-corrected chi connectivity index (χ3v) is 12.4. The van der Waals surface area contributed by atoms with Gasteiger partial charge >= 0.3 is 53.7 Å². The van der Waals surface area contributed by atoms with Crippen molar-refractivity contribution in [1.82, 2.24) is 0 Å². The predicted octanol–water partition coefficient (Wildman–Crippen LogP) is 11.0. The molecule has 9 unspecified atom stereocenters. The lowest BCUT2D eigenvalue weighted by Crippen LogP contribution is -2.29. The van der Waals surface area contributed by atoms with Crippen LogP contribution in [0.25, 0.3) is 0 Å². The summed E-state index contributed by atoms with van der Waals surface area (Å²) in [6, 6.07) is 9.62. The van der Waals surface area contributed by atoms with Crippen LogP contribution in [0.3, 0.4) is 0 Å². The molecule has 1 aromatic rings. The number of methoxy groups -OCH3 is 10. The number of hydrogen-bond donors (Lipinski definition) is 0. The third-order valence-electron chi connectivity index (χ3n) is 12.4. The number of ether oxygens (including phenoxy) is 18. The fraction of sp³-hybridized carbons (Fsp3) is 0.776. The molecule has 0 saturated heterocycles. The lowest BCUT2D eigenvalue weighted by atomic mass is 10.1. The summed E-state index contributed by atoms with van der Waals surface area (Å²) in [5.74, 6) is -2.22. The molecule has 0 heterocycles. The summed E-state index contributed by atoms with van der Waals surface area (Å²) in [6.07, 6.45) is 4.79. The lowest BCUT2D eigenvalue weighted by molar-refractivity contribution is -0.161. The first-order valence-corrected chi connectivity index (χ1v) is 34.9. The SMILES string of the molecule is C=CCOC(=O)C(C)COC.CCCOC(=O)C(C)COC.CCOC(=O)C(C)COC.COCC(C)C(=O)OC.COCC(C)C(=O)OC(C)(C)C.COCC(C)C(=O)OC(C)C.COCC(C)C(=O)OCC(C)C.COCC(C)C(=O)OCC1CC1.COCC(C)C(=O)OCc1ccccc1. The Morgan fingerprint density at radius 3 is 1.04 bits per heavy atom. The van der Waals surface area contributed by atoms with Crippen LogP contribution in [-0.4, -0.2) is 229 Å². The number of carbonyl (C=O) groups is 9. The Balaban J connectivity index is -0.000000202. The van der Waals surface area contributed by atoms with E-state index in [0.29, 0.717) is 104 Å². The molecular formula is C76H140O27. The predicted molar refractivity (Wildman–Crippen MR) is 393 cm³/mol. The lowest BCUT2D eigenvalue weighted by Gasteiger charge is -2.21. The van der Waals surface area contributed by atoms with E-state index in [1.54, 1.807) is 126 Å². The molecule has 0 aromatic heterocycles. The van der Waals surface area contributed by atoms with E-state index in [0.717, 1.165) is 12.0 Å². The van der Waals surface area contributed by atoms with Gasteiger partial charge in [0.05, 0.1) is 152 Å². The summed E-state index contributed by atoms with van der Waals surface area (Å²) in [4.78, 5) is 99.4. The number of hydrogen-bond acceptors (Lipinski definition) is 27. The van der Waals surface area contributed by atoms with Gasteiger partial charge in [0.1, 0.15) is 18.8 Å². The van der Waals surface area contributed by atoms with Crippen LogP contribution in [0.4, 0.5) is 0 Å². The van der Waals surface area contributed by atoms with Crippen molar-refractivity contribution in [3.63, 3.8) is 0 Å². The summed E-state index contributed by atoms with van der Waals surface area (Å²) in [7, 11) is 15.5. The first-order chi connectivity index (χ1) is 48.4. The first kappa shape index (κ1) is 110. The standard InChI is InChI=1S/C12H16O3.C9H16O3.2C9H18O3.2C8H16O3.C8H14O3.C7H14O3.C6H12O3/c1-10(8-14-2)12(13)15-9-11-6-4-3-5-7-11;1-7(5-11-2)9(10)12-6-8-3-4-8;1-7(6-11-5)8(10)12-9(2,3)4;1-7(2)5-12-9(10)8(3)6-11-4;1-6(2)11-8(9)7(3)5-10-4;2*1-4-5-11-8(9)7(2)6-10-3;1-4-10-7(8)6(2)5-9-3;1-5(4-8-2)6(7)9-3/h3-7,10H,8-9H2,1-2H3;7-8H,3-6H2,1-2H3;7H,6H2,1-5H3;7-8H,5-6H2,1-4H3;6-7H,5H2,1-4H3;7H,4-6H2,1-3H3;4,7H,1,5-6H2,2-3H3;6H,4-5H2,1-3H3;5H,4H2,1-3H3. The van der Waals surface area contributed by atoms with E-state index in [1.807, 2.05) is 92.6 Å². The Labute approximate surface area is 619 Å². The highest BCUT2D eigenvalue weighted by atomic mass is 16.6. The molecule has 0 N–H and O–H groups in total. The van der Waals surface area contributed by atoms with Crippen LogP contribution in [0.5, 0.6) is 0 Å². The summed E-state index contributed by atoms with van der Waals surface area (Å²) in [5.41, 5.74) is 0.592. The van der Waals surface area contributed by atoms with Gasteiger partial charge in [0.2, 0.25) is 0 Å². The maximum absolute atomic E-state index is 11.4. The fourth-order valence-electron chi connectivity index (χ4n) is 6.62. The van der Waals surface area contributed by atoms with Crippen LogP contribution in [0.15, 0.2) is 43.0 Å². The maximum atomic E-state index is 11.4. The van der Waals surface area contributed by atoms with Gasteiger partial charge < -0.3 is 85.3 Å². The number of esters is 9. The number of benzene rings is 1. The summed E-state index contributed by atoms with van der Waals surface area (Å²) in [5, 5.41) is 0. The molecule has 0 bridgehead atoms. The molecular weight excluding hydrogens is 1340 g/mol. The molecule has 0 aliphatic heterocycles. The molecule has 27 heteroatoms. The fourth-order valence-corrected chi connectivity index (χ4v) is 6.62. The molecule has 1 aliphatic rings. The van der Waals surface area contributed by atoms with Crippen molar-refractivity contribution in [2.45, 2.75) is 162 Å². The quantitative estimate of drug-likeness (QED) is 0.0336. The normalized spacial score (nSPS) is 13.5. The van der Waals surface area contributed by atoms with Gasteiger partial charge in [0.25, 0.3) is 0 Å². The second-order valence-corrected chi connectivity index (χ2v) is 25.8. The highest BCUT2D eigenvalue weighted by Crippen LogP contribution is 2.29. The van der Waals surface area contributed by atoms with Crippen LogP contribution in [0, 0.1) is 65.1 Å². The molecule has 1 saturated carbocycles. The molecule has 1 aliphatic carbocycles. The minimum Gasteiger partial charge on any atom is -0.469 e. The maximum Gasteiger partial charge on any atom is 0.311 e. The van der Waals surface area contributed by atoms with Crippen molar-refractivity contribution >= 4 is 53.7 Å². The van der Waals surface area contributed by atoms with Crippen LogP contribution in [0.2, 0.25) is 0 Å². The second kappa shape index (κ2) is 74.1. The van der Waals surface area contributed by atoms with Crippen molar-refractivity contribution in [3.8, 4) is 0 Å². The third kappa shape index (κ3) is 76.8. The zero-order valence-electron chi connectivity index (χ0n) is 68.4. The average Bonchev–Trinajstić information content (AvgIpc) is 1.86.